The highest BCUT2D eigenvalue weighted by Gasteiger charge is 2.35. The number of carbonyl (C=O) groups excluding carboxylic acids is 2. The van der Waals surface area contributed by atoms with Crippen LogP contribution in [0.4, 0.5) is 11.4 Å². The zero-order valence-corrected chi connectivity index (χ0v) is 14.3. The van der Waals surface area contributed by atoms with E-state index in [-0.39, 0.29) is 11.8 Å². The summed E-state index contributed by atoms with van der Waals surface area (Å²) in [7, 11) is 0. The first-order chi connectivity index (χ1) is 11.9. The quantitative estimate of drug-likeness (QED) is 0.881. The summed E-state index contributed by atoms with van der Waals surface area (Å²) in [5.41, 5.74) is 3.56. The van der Waals surface area contributed by atoms with Crippen LogP contribution in [0, 0.1) is 0 Å². The molecule has 5 nitrogen and oxygen atoms in total. The van der Waals surface area contributed by atoms with Gasteiger partial charge in [0.05, 0.1) is 5.69 Å². The predicted molar refractivity (Wildman–Crippen MR) is 96.2 cm³/mol. The van der Waals surface area contributed by atoms with Crippen molar-refractivity contribution in [1.29, 1.82) is 0 Å². The first-order valence-electron chi connectivity index (χ1n) is 8.50. The van der Waals surface area contributed by atoms with Gasteiger partial charge in [0.15, 0.2) is 5.60 Å². The number of hydrogen-bond acceptors (Lipinski definition) is 3. The van der Waals surface area contributed by atoms with E-state index >= 15 is 0 Å². The minimum atomic E-state index is -0.915. The van der Waals surface area contributed by atoms with Crippen LogP contribution >= 0.6 is 0 Å². The van der Waals surface area contributed by atoms with Gasteiger partial charge in [-0.3, -0.25) is 9.59 Å². The van der Waals surface area contributed by atoms with Gasteiger partial charge < -0.3 is 15.4 Å². The Morgan fingerprint density at radius 1 is 1.12 bits per heavy atom. The molecule has 0 saturated heterocycles. The molecule has 25 heavy (non-hydrogen) atoms. The van der Waals surface area contributed by atoms with Gasteiger partial charge in [0.1, 0.15) is 5.75 Å². The maximum absolute atomic E-state index is 12.5. The summed E-state index contributed by atoms with van der Waals surface area (Å²) in [4.78, 5) is 24.6. The lowest BCUT2D eigenvalue weighted by Gasteiger charge is -2.31. The Balaban J connectivity index is 1.55. The van der Waals surface area contributed by atoms with Crippen LogP contribution in [0.15, 0.2) is 36.4 Å². The van der Waals surface area contributed by atoms with Crippen LogP contribution in [0.1, 0.15) is 41.8 Å². The van der Waals surface area contributed by atoms with E-state index in [4.69, 9.17) is 4.74 Å². The second-order valence-electron chi connectivity index (χ2n) is 7.07. The van der Waals surface area contributed by atoms with Gasteiger partial charge in [-0.15, -0.1) is 0 Å². The van der Waals surface area contributed by atoms with Crippen molar-refractivity contribution in [3.8, 4) is 5.75 Å². The minimum Gasteiger partial charge on any atom is -0.476 e. The molecule has 1 heterocycles. The summed E-state index contributed by atoms with van der Waals surface area (Å²) in [6.07, 6.45) is 3.36. The summed E-state index contributed by atoms with van der Waals surface area (Å²) in [6, 6.07) is 11.1. The number of ether oxygens (including phenoxy) is 1. The van der Waals surface area contributed by atoms with E-state index in [0.29, 0.717) is 17.0 Å². The third kappa shape index (κ3) is 2.86. The van der Waals surface area contributed by atoms with Crippen LogP contribution in [-0.4, -0.2) is 17.4 Å². The van der Waals surface area contributed by atoms with E-state index in [1.807, 2.05) is 12.1 Å². The van der Waals surface area contributed by atoms with Crippen molar-refractivity contribution in [3.63, 3.8) is 0 Å². The van der Waals surface area contributed by atoms with Crippen molar-refractivity contribution in [2.75, 3.05) is 10.6 Å². The number of fused-ring (bicyclic) bond motifs is 2. The van der Waals surface area contributed by atoms with Crippen LogP contribution in [-0.2, 0) is 17.6 Å². The number of benzene rings is 2. The number of anilines is 2. The van der Waals surface area contributed by atoms with Crippen molar-refractivity contribution in [1.82, 2.24) is 0 Å². The van der Waals surface area contributed by atoms with Gasteiger partial charge in [-0.25, -0.2) is 0 Å². The average Bonchev–Trinajstić information content (AvgIpc) is 3.03. The Morgan fingerprint density at radius 3 is 2.76 bits per heavy atom. The van der Waals surface area contributed by atoms with Crippen molar-refractivity contribution in [2.24, 2.45) is 0 Å². The molecule has 0 radical (unpaired) electrons. The van der Waals surface area contributed by atoms with E-state index in [9.17, 15) is 9.59 Å². The van der Waals surface area contributed by atoms with E-state index in [0.717, 1.165) is 18.5 Å². The third-order valence-corrected chi connectivity index (χ3v) is 4.76. The molecule has 128 valence electrons. The average molecular weight is 336 g/mol. The molecule has 1 aliphatic carbocycles. The molecule has 2 aromatic carbocycles. The lowest BCUT2D eigenvalue weighted by atomic mass is 10.0. The lowest BCUT2D eigenvalue weighted by molar-refractivity contribution is -0.129. The molecule has 1 aliphatic heterocycles. The summed E-state index contributed by atoms with van der Waals surface area (Å²) in [6.45, 7) is 3.42. The Labute approximate surface area is 146 Å². The molecule has 0 aromatic heterocycles. The van der Waals surface area contributed by atoms with Crippen LogP contribution in [0.5, 0.6) is 5.75 Å². The Bertz CT molecular complexity index is 887. The fourth-order valence-electron chi connectivity index (χ4n) is 3.30. The van der Waals surface area contributed by atoms with Gasteiger partial charge in [-0.05, 0) is 74.6 Å². The van der Waals surface area contributed by atoms with Gasteiger partial charge in [-0.1, -0.05) is 6.07 Å². The summed E-state index contributed by atoms with van der Waals surface area (Å²) < 4.78 is 5.69. The van der Waals surface area contributed by atoms with Crippen molar-refractivity contribution < 1.29 is 14.3 Å². The standard InChI is InChI=1S/C20H20N2O3/c1-20(2)19(24)22-16-11-14(7-9-17(16)25-20)18(23)21-15-8-6-12-4-3-5-13(12)10-15/h6-11H,3-5H2,1-2H3,(H,21,23)(H,22,24). The number of rotatable bonds is 2. The molecule has 0 atom stereocenters. The van der Waals surface area contributed by atoms with Gasteiger partial charge in [-0.2, -0.15) is 0 Å². The van der Waals surface area contributed by atoms with Crippen LogP contribution in [0.2, 0.25) is 0 Å². The third-order valence-electron chi connectivity index (χ3n) is 4.76. The molecule has 0 unspecified atom stereocenters. The van der Waals surface area contributed by atoms with Gasteiger partial charge >= 0.3 is 0 Å². The molecule has 0 fully saturated rings. The number of aryl methyl sites for hydroxylation is 2. The number of nitrogens with one attached hydrogen (secondary N) is 2. The second kappa shape index (κ2) is 5.62. The SMILES string of the molecule is CC1(C)Oc2ccc(C(=O)Nc3ccc4c(c3)CCC4)cc2NC1=O. The van der Waals surface area contributed by atoms with Crippen LogP contribution < -0.4 is 15.4 Å². The first kappa shape index (κ1) is 15.7. The zero-order chi connectivity index (χ0) is 17.6. The Morgan fingerprint density at radius 2 is 1.92 bits per heavy atom. The van der Waals surface area contributed by atoms with E-state index in [1.165, 1.54) is 17.5 Å². The number of carbonyl (C=O) groups is 2. The van der Waals surface area contributed by atoms with Crippen molar-refractivity contribution in [2.45, 2.75) is 38.7 Å². The summed E-state index contributed by atoms with van der Waals surface area (Å²) in [5.74, 6) is 0.134. The Hall–Kier alpha value is -2.82. The van der Waals surface area contributed by atoms with Gasteiger partial charge in [0.25, 0.3) is 11.8 Å². The van der Waals surface area contributed by atoms with E-state index < -0.39 is 5.60 Å². The highest BCUT2D eigenvalue weighted by atomic mass is 16.5. The summed E-state index contributed by atoms with van der Waals surface area (Å²) in [5, 5.41) is 5.73. The highest BCUT2D eigenvalue weighted by molar-refractivity contribution is 6.07. The maximum atomic E-state index is 12.5. The van der Waals surface area contributed by atoms with Crippen LogP contribution in [0.25, 0.3) is 0 Å². The molecular formula is C20H20N2O3. The van der Waals surface area contributed by atoms with Gasteiger partial charge in [0.2, 0.25) is 0 Å². The fourth-order valence-corrected chi connectivity index (χ4v) is 3.30. The predicted octanol–water partition coefficient (Wildman–Crippen LogP) is 3.54. The largest absolute Gasteiger partial charge is 0.476 e. The molecule has 0 bridgehead atoms. The van der Waals surface area contributed by atoms with Crippen LogP contribution in [0.3, 0.4) is 0 Å². The minimum absolute atomic E-state index is 0.208. The van der Waals surface area contributed by atoms with Crippen molar-refractivity contribution >= 4 is 23.2 Å². The monoisotopic (exact) mass is 336 g/mol. The molecule has 5 heteroatoms. The normalized spacial score (nSPS) is 17.1. The molecule has 2 aromatic rings. The van der Waals surface area contributed by atoms with Gasteiger partial charge in [0, 0.05) is 11.3 Å². The highest BCUT2D eigenvalue weighted by Crippen LogP contribution is 2.34. The fraction of sp³-hybridized carbons (Fsp3) is 0.300. The zero-order valence-electron chi connectivity index (χ0n) is 14.3. The Kier molecular flexibility index (Phi) is 3.53. The van der Waals surface area contributed by atoms with E-state index in [2.05, 4.69) is 16.7 Å². The molecule has 0 saturated carbocycles. The number of amides is 2. The molecule has 2 aliphatic rings. The second-order valence-corrected chi connectivity index (χ2v) is 7.07. The lowest BCUT2D eigenvalue weighted by Crippen LogP contribution is -2.45. The molecule has 0 spiro atoms. The first-order valence-corrected chi connectivity index (χ1v) is 8.50. The molecular weight excluding hydrogens is 316 g/mol. The summed E-state index contributed by atoms with van der Waals surface area (Å²) >= 11 is 0. The smallest absolute Gasteiger partial charge is 0.268 e. The molecule has 2 amide bonds. The number of hydrogen-bond donors (Lipinski definition) is 2. The molecule has 4 rings (SSSR count). The maximum Gasteiger partial charge on any atom is 0.268 e. The topological polar surface area (TPSA) is 67.4 Å². The molecule has 2 N–H and O–H groups in total. The van der Waals surface area contributed by atoms with E-state index in [1.54, 1.807) is 32.0 Å². The van der Waals surface area contributed by atoms with Crippen molar-refractivity contribution in [3.05, 3.63) is 53.1 Å².